The third kappa shape index (κ3) is 7.54. The van der Waals surface area contributed by atoms with E-state index in [0.717, 1.165) is 16.5 Å². The number of nitrogens with zero attached hydrogens (tertiary/aromatic N) is 1. The molecule has 0 saturated carbocycles. The van der Waals surface area contributed by atoms with Crippen molar-refractivity contribution in [3.05, 3.63) is 64.6 Å². The topological polar surface area (TPSA) is 58.6 Å². The fraction of sp³-hybridized carbons (Fsp3) is 0.391. The molecule has 0 heterocycles. The third-order valence-corrected chi connectivity index (χ3v) is 5.36. The highest BCUT2D eigenvalue weighted by Gasteiger charge is 2.26. The second-order valence-electron chi connectivity index (χ2n) is 7.06. The predicted octanol–water partition coefficient (Wildman–Crippen LogP) is 4.20. The molecule has 2 rings (SSSR count). The highest BCUT2D eigenvalue weighted by atomic mass is 79.9. The summed E-state index contributed by atoms with van der Waals surface area (Å²) in [6.07, 6.45) is 1.51. The van der Waals surface area contributed by atoms with Crippen molar-refractivity contribution in [3.63, 3.8) is 0 Å². The maximum absolute atomic E-state index is 12.9. The molecule has 0 aromatic heterocycles. The SMILES string of the molecule is CCC(C)NC(=O)C(C)N(CCc1ccccc1)C(=O)COc1ccc(Br)cc1. The first-order chi connectivity index (χ1) is 13.9. The van der Waals surface area contributed by atoms with Gasteiger partial charge in [-0.05, 0) is 56.5 Å². The monoisotopic (exact) mass is 460 g/mol. The Hall–Kier alpha value is -2.34. The largest absolute Gasteiger partial charge is 0.484 e. The van der Waals surface area contributed by atoms with E-state index in [2.05, 4.69) is 21.2 Å². The lowest BCUT2D eigenvalue weighted by molar-refractivity contribution is -0.141. The molecule has 0 aliphatic rings. The van der Waals surface area contributed by atoms with Gasteiger partial charge in [0.2, 0.25) is 5.91 Å². The number of carbonyl (C=O) groups is 2. The number of benzene rings is 2. The van der Waals surface area contributed by atoms with Crippen molar-refractivity contribution in [2.75, 3.05) is 13.2 Å². The lowest BCUT2D eigenvalue weighted by Crippen LogP contribution is -2.51. The molecule has 0 radical (unpaired) electrons. The highest BCUT2D eigenvalue weighted by Crippen LogP contribution is 2.16. The molecule has 0 aliphatic heterocycles. The van der Waals surface area contributed by atoms with Crippen LogP contribution < -0.4 is 10.1 Å². The van der Waals surface area contributed by atoms with E-state index in [0.29, 0.717) is 18.7 Å². The zero-order chi connectivity index (χ0) is 21.2. The maximum Gasteiger partial charge on any atom is 0.261 e. The minimum Gasteiger partial charge on any atom is -0.484 e. The van der Waals surface area contributed by atoms with Crippen LogP contribution in [0.5, 0.6) is 5.75 Å². The summed E-state index contributed by atoms with van der Waals surface area (Å²) >= 11 is 3.38. The summed E-state index contributed by atoms with van der Waals surface area (Å²) in [7, 11) is 0. The molecular weight excluding hydrogens is 432 g/mol. The van der Waals surface area contributed by atoms with Crippen LogP contribution in [-0.2, 0) is 16.0 Å². The molecule has 2 aromatic rings. The van der Waals surface area contributed by atoms with E-state index in [1.165, 1.54) is 0 Å². The van der Waals surface area contributed by atoms with Gasteiger partial charge in [-0.1, -0.05) is 53.2 Å². The second-order valence-corrected chi connectivity index (χ2v) is 7.97. The fourth-order valence-electron chi connectivity index (χ4n) is 2.79. The van der Waals surface area contributed by atoms with Gasteiger partial charge in [-0.25, -0.2) is 0 Å². The Morgan fingerprint density at radius 1 is 1.07 bits per heavy atom. The molecule has 0 spiro atoms. The molecule has 0 saturated heterocycles. The van der Waals surface area contributed by atoms with Crippen LogP contribution in [-0.4, -0.2) is 41.9 Å². The molecule has 0 fully saturated rings. The zero-order valence-electron chi connectivity index (χ0n) is 17.2. The van der Waals surface area contributed by atoms with E-state index >= 15 is 0 Å². The quantitative estimate of drug-likeness (QED) is 0.577. The van der Waals surface area contributed by atoms with Crippen molar-refractivity contribution in [2.45, 2.75) is 45.7 Å². The fourth-order valence-corrected chi connectivity index (χ4v) is 3.06. The van der Waals surface area contributed by atoms with E-state index in [4.69, 9.17) is 4.74 Å². The van der Waals surface area contributed by atoms with Gasteiger partial charge in [-0.2, -0.15) is 0 Å². The Kier molecular flexibility index (Phi) is 9.19. The zero-order valence-corrected chi connectivity index (χ0v) is 18.8. The van der Waals surface area contributed by atoms with Gasteiger partial charge >= 0.3 is 0 Å². The summed E-state index contributed by atoms with van der Waals surface area (Å²) in [5, 5.41) is 2.96. The van der Waals surface area contributed by atoms with E-state index < -0.39 is 6.04 Å². The Balaban J connectivity index is 2.05. The van der Waals surface area contributed by atoms with Crippen LogP contribution in [0.1, 0.15) is 32.8 Å². The molecule has 2 unspecified atom stereocenters. The maximum atomic E-state index is 12.9. The number of halogens is 1. The van der Waals surface area contributed by atoms with E-state index in [9.17, 15) is 9.59 Å². The lowest BCUT2D eigenvalue weighted by atomic mass is 10.1. The number of ether oxygens (including phenoxy) is 1. The Morgan fingerprint density at radius 3 is 2.34 bits per heavy atom. The van der Waals surface area contributed by atoms with E-state index in [1.54, 1.807) is 24.0 Å². The van der Waals surface area contributed by atoms with Crippen LogP contribution in [0.15, 0.2) is 59.1 Å². The van der Waals surface area contributed by atoms with Crippen molar-refractivity contribution in [2.24, 2.45) is 0 Å². The molecule has 1 N–H and O–H groups in total. The normalized spacial score (nSPS) is 12.7. The summed E-state index contributed by atoms with van der Waals surface area (Å²) in [5.41, 5.74) is 1.12. The highest BCUT2D eigenvalue weighted by molar-refractivity contribution is 9.10. The van der Waals surface area contributed by atoms with Gasteiger partial charge in [0.05, 0.1) is 0 Å². The molecule has 29 heavy (non-hydrogen) atoms. The van der Waals surface area contributed by atoms with Gasteiger partial charge in [-0.3, -0.25) is 9.59 Å². The number of rotatable bonds is 10. The number of hydrogen-bond donors (Lipinski definition) is 1. The molecule has 2 amide bonds. The summed E-state index contributed by atoms with van der Waals surface area (Å²) in [6.45, 7) is 6.07. The van der Waals surface area contributed by atoms with Crippen molar-refractivity contribution < 1.29 is 14.3 Å². The first kappa shape index (κ1) is 22.9. The first-order valence-corrected chi connectivity index (χ1v) is 10.7. The lowest BCUT2D eigenvalue weighted by Gasteiger charge is -2.29. The number of amides is 2. The Bertz CT molecular complexity index is 780. The van der Waals surface area contributed by atoms with Crippen LogP contribution in [0.2, 0.25) is 0 Å². The molecule has 0 aliphatic carbocycles. The molecule has 6 heteroatoms. The predicted molar refractivity (Wildman–Crippen MR) is 119 cm³/mol. The second kappa shape index (κ2) is 11.6. The number of hydrogen-bond acceptors (Lipinski definition) is 3. The van der Waals surface area contributed by atoms with Crippen molar-refractivity contribution in [1.82, 2.24) is 10.2 Å². The van der Waals surface area contributed by atoms with Gasteiger partial charge in [0.1, 0.15) is 11.8 Å². The van der Waals surface area contributed by atoms with Crippen LogP contribution in [0.3, 0.4) is 0 Å². The standard InChI is InChI=1S/C23H29BrN2O3/c1-4-17(2)25-23(28)18(3)26(15-14-19-8-6-5-7-9-19)22(27)16-29-21-12-10-20(24)11-13-21/h5-13,17-18H,4,14-16H2,1-3H3,(H,25,28). The van der Waals surface area contributed by atoms with Crippen molar-refractivity contribution in [1.29, 1.82) is 0 Å². The van der Waals surface area contributed by atoms with Crippen LogP contribution in [0, 0.1) is 0 Å². The molecule has 2 atom stereocenters. The summed E-state index contributed by atoms with van der Waals surface area (Å²) < 4.78 is 6.58. The minimum atomic E-state index is -0.575. The Labute approximate surface area is 181 Å². The van der Waals surface area contributed by atoms with Crippen LogP contribution in [0.4, 0.5) is 0 Å². The minimum absolute atomic E-state index is 0.0649. The van der Waals surface area contributed by atoms with Gasteiger partial charge in [0.15, 0.2) is 6.61 Å². The average Bonchev–Trinajstić information content (AvgIpc) is 2.73. The average molecular weight is 461 g/mol. The number of nitrogens with one attached hydrogen (secondary N) is 1. The summed E-state index contributed by atoms with van der Waals surface area (Å²) in [4.78, 5) is 27.1. The first-order valence-electron chi connectivity index (χ1n) is 9.92. The van der Waals surface area contributed by atoms with Crippen LogP contribution in [0.25, 0.3) is 0 Å². The molecule has 156 valence electrons. The van der Waals surface area contributed by atoms with E-state index in [1.807, 2.05) is 56.3 Å². The third-order valence-electron chi connectivity index (χ3n) is 4.83. The van der Waals surface area contributed by atoms with Crippen molar-refractivity contribution >= 4 is 27.7 Å². The molecular formula is C23H29BrN2O3. The number of carbonyl (C=O) groups excluding carboxylic acids is 2. The molecule has 5 nitrogen and oxygen atoms in total. The smallest absolute Gasteiger partial charge is 0.261 e. The van der Waals surface area contributed by atoms with Gasteiger partial charge in [0, 0.05) is 17.1 Å². The van der Waals surface area contributed by atoms with E-state index in [-0.39, 0.29) is 24.5 Å². The van der Waals surface area contributed by atoms with Gasteiger partial charge < -0.3 is 15.0 Å². The Morgan fingerprint density at radius 2 is 1.72 bits per heavy atom. The van der Waals surface area contributed by atoms with Crippen molar-refractivity contribution in [3.8, 4) is 5.75 Å². The summed E-state index contributed by atoms with van der Waals surface area (Å²) in [6, 6.07) is 16.7. The summed E-state index contributed by atoms with van der Waals surface area (Å²) in [5.74, 6) is 0.251. The van der Waals surface area contributed by atoms with Gasteiger partial charge in [0.25, 0.3) is 5.91 Å². The molecule has 2 aromatic carbocycles. The van der Waals surface area contributed by atoms with Crippen LogP contribution >= 0.6 is 15.9 Å². The van der Waals surface area contributed by atoms with Gasteiger partial charge in [-0.15, -0.1) is 0 Å². The molecule has 0 bridgehead atoms.